The van der Waals surface area contributed by atoms with Crippen molar-refractivity contribution in [2.24, 2.45) is 11.5 Å². The van der Waals surface area contributed by atoms with E-state index in [1.165, 1.54) is 38.9 Å². The number of halogens is 1. The van der Waals surface area contributed by atoms with Crippen LogP contribution < -0.4 is 37.6 Å². The molecule has 71 heavy (non-hydrogen) atoms. The van der Waals surface area contributed by atoms with Crippen molar-refractivity contribution in [3.63, 3.8) is 0 Å². The third-order valence-electron chi connectivity index (χ3n) is 12.5. The van der Waals surface area contributed by atoms with Crippen LogP contribution in [0, 0.1) is 5.82 Å². The van der Waals surface area contributed by atoms with Crippen molar-refractivity contribution in [2.75, 3.05) is 52.3 Å². The number of hydrogen-bond donors (Lipinski definition) is 5. The summed E-state index contributed by atoms with van der Waals surface area (Å²) in [6.07, 6.45) is 6.96. The number of aromatic nitrogens is 3. The van der Waals surface area contributed by atoms with E-state index in [0.29, 0.717) is 63.0 Å². The molecule has 15 nitrogen and oxygen atoms in total. The van der Waals surface area contributed by atoms with Gasteiger partial charge in [-0.25, -0.2) is 26.7 Å². The summed E-state index contributed by atoms with van der Waals surface area (Å²) >= 11 is 2.64. The molecule has 362 valence electrons. The van der Waals surface area contributed by atoms with Crippen molar-refractivity contribution >= 4 is 94.8 Å². The first kappa shape index (κ1) is 47.3. The van der Waals surface area contributed by atoms with Gasteiger partial charge in [0, 0.05) is 77.2 Å². The summed E-state index contributed by atoms with van der Waals surface area (Å²) < 4.78 is 48.7. The molecule has 4 aromatic heterocycles. The highest BCUT2D eigenvalue weighted by atomic mass is 32.2. The van der Waals surface area contributed by atoms with E-state index in [2.05, 4.69) is 25.5 Å². The number of thiazole rings is 2. The highest BCUT2D eigenvalue weighted by Gasteiger charge is 2.27. The van der Waals surface area contributed by atoms with E-state index in [-0.39, 0.29) is 28.6 Å². The van der Waals surface area contributed by atoms with Gasteiger partial charge in [-0.15, -0.1) is 22.7 Å². The molecule has 2 aliphatic heterocycles. The van der Waals surface area contributed by atoms with Crippen LogP contribution in [0.5, 0.6) is 0 Å². The number of carbonyl (C=O) groups excluding carboxylic acids is 2. The number of nitrogen functional groups attached to an aromatic ring is 1. The van der Waals surface area contributed by atoms with Crippen LogP contribution in [-0.2, 0) is 10.0 Å². The minimum atomic E-state index is -3.86. The fourth-order valence-corrected chi connectivity index (χ4v) is 12.1. The minimum absolute atomic E-state index is 0.0640. The Morgan fingerprint density at radius 3 is 2.04 bits per heavy atom. The Bertz CT molecular complexity index is 3520. The van der Waals surface area contributed by atoms with Gasteiger partial charge in [0.15, 0.2) is 0 Å². The predicted molar refractivity (Wildman–Crippen MR) is 281 cm³/mol. The fourth-order valence-electron chi connectivity index (χ4n) is 9.05. The van der Waals surface area contributed by atoms with Gasteiger partial charge in [-0.1, -0.05) is 60.7 Å². The summed E-state index contributed by atoms with van der Waals surface area (Å²) in [5.41, 5.74) is 24.4. The number of amides is 2. The van der Waals surface area contributed by atoms with Crippen LogP contribution in [0.3, 0.4) is 0 Å². The van der Waals surface area contributed by atoms with Crippen molar-refractivity contribution in [1.29, 1.82) is 0 Å². The van der Waals surface area contributed by atoms with Crippen LogP contribution in [-0.4, -0.2) is 72.4 Å². The Kier molecular flexibility index (Phi) is 13.4. The zero-order valence-corrected chi connectivity index (χ0v) is 40.7. The summed E-state index contributed by atoms with van der Waals surface area (Å²) in [5, 5.41) is 12.1. The predicted octanol–water partition coefficient (Wildman–Crippen LogP) is 9.64. The van der Waals surface area contributed by atoms with Gasteiger partial charge in [0.2, 0.25) is 0 Å². The number of benzene rings is 5. The Morgan fingerprint density at radius 2 is 1.32 bits per heavy atom. The summed E-state index contributed by atoms with van der Waals surface area (Å²) in [4.78, 5) is 39.6. The van der Waals surface area contributed by atoms with E-state index in [1.807, 2.05) is 53.4 Å². The number of carbonyl (C=O) groups is 2. The molecule has 5 aromatic carbocycles. The number of nitrogens with one attached hydrogen (secondary N) is 2. The van der Waals surface area contributed by atoms with Crippen LogP contribution in [0.25, 0.3) is 43.0 Å². The molecule has 0 bridgehead atoms. The average Bonchev–Trinajstić information content (AvgIpc) is 4.21. The van der Waals surface area contributed by atoms with Crippen molar-refractivity contribution in [1.82, 2.24) is 13.9 Å². The highest BCUT2D eigenvalue weighted by Crippen LogP contribution is 2.37. The molecular weight excluding hydrogens is 960 g/mol. The Morgan fingerprint density at radius 1 is 0.704 bits per heavy atom. The molecule has 11 rings (SSSR count). The Hall–Kier alpha value is -7.42. The largest absolute Gasteiger partial charge is 0.464 e. The van der Waals surface area contributed by atoms with Gasteiger partial charge in [-0.2, -0.15) is 0 Å². The molecule has 0 radical (unpaired) electrons. The number of nitrogens with two attached hydrogens (primary N) is 3. The second-order valence-corrected chi connectivity index (χ2v) is 20.9. The molecule has 0 spiro atoms. The third-order valence-corrected chi connectivity index (χ3v) is 15.9. The van der Waals surface area contributed by atoms with E-state index >= 15 is 0 Å². The first-order valence-electron chi connectivity index (χ1n) is 23.0. The molecule has 0 saturated carbocycles. The lowest BCUT2D eigenvalue weighted by atomic mass is 10.1. The quantitative estimate of drug-likeness (QED) is 0.0809. The molecule has 19 heteroatoms. The fraction of sp³-hybridized carbons (Fsp3) is 0.192. The minimum Gasteiger partial charge on any atom is -0.464 e. The van der Waals surface area contributed by atoms with E-state index < -0.39 is 21.7 Å². The first-order chi connectivity index (χ1) is 34.4. The molecule has 2 atom stereocenters. The van der Waals surface area contributed by atoms with Crippen molar-refractivity contribution in [3.05, 3.63) is 156 Å². The SMILES string of the molecule is N[C@@H]1CCCN(c2c(F)cccc2NC(=O)c2csc(-c3cn(S(=O)(=O)c4ccccc4)c4ccccc34)n2)C1.Nc1ccc(N2CCC[C@@H](N)C2)c(NC(=O)c2csc(-c3coc4ccccc34)n2)c1. The number of piperidine rings is 2. The maximum absolute atomic E-state index is 14.9. The molecular formula is C52H49FN10O5S3. The number of furan rings is 1. The van der Waals surface area contributed by atoms with Gasteiger partial charge < -0.3 is 42.1 Å². The molecule has 2 fully saturated rings. The van der Waals surface area contributed by atoms with Crippen LogP contribution in [0.1, 0.15) is 46.7 Å². The topological polar surface area (TPSA) is 221 Å². The third kappa shape index (κ3) is 9.87. The lowest BCUT2D eigenvalue weighted by Gasteiger charge is -2.34. The van der Waals surface area contributed by atoms with Gasteiger partial charge in [-0.05, 0) is 80.3 Å². The lowest BCUT2D eigenvalue weighted by molar-refractivity contribution is 0.101. The summed E-state index contributed by atoms with van der Waals surface area (Å²) in [6.45, 7) is 2.80. The van der Waals surface area contributed by atoms with Crippen molar-refractivity contribution in [3.8, 4) is 21.1 Å². The second-order valence-electron chi connectivity index (χ2n) is 17.4. The van der Waals surface area contributed by atoms with E-state index in [4.69, 9.17) is 21.6 Å². The van der Waals surface area contributed by atoms with Gasteiger partial charge in [0.05, 0.1) is 38.7 Å². The van der Waals surface area contributed by atoms with Crippen molar-refractivity contribution in [2.45, 2.75) is 42.7 Å². The van der Waals surface area contributed by atoms with E-state index in [1.54, 1.807) is 77.7 Å². The molecule has 9 aromatic rings. The zero-order valence-electron chi connectivity index (χ0n) is 38.2. The van der Waals surface area contributed by atoms with Crippen LogP contribution in [0.15, 0.2) is 148 Å². The zero-order chi connectivity index (χ0) is 49.2. The Balaban J connectivity index is 0.000000169. The number of rotatable bonds is 10. The van der Waals surface area contributed by atoms with Crippen LogP contribution >= 0.6 is 22.7 Å². The Labute approximate surface area is 416 Å². The average molecular weight is 1010 g/mol. The summed E-state index contributed by atoms with van der Waals surface area (Å²) in [6, 6.07) is 33.3. The van der Waals surface area contributed by atoms with Gasteiger partial charge >= 0.3 is 0 Å². The maximum atomic E-state index is 14.9. The summed E-state index contributed by atoms with van der Waals surface area (Å²) in [7, 11) is -3.86. The lowest BCUT2D eigenvalue weighted by Crippen LogP contribution is -2.43. The van der Waals surface area contributed by atoms with Gasteiger partial charge in [-0.3, -0.25) is 9.59 Å². The standard InChI is InChI=1S/C29H26FN5O3S2.C23H23N5O2S/c30-23-12-6-13-24(27(23)34-15-7-8-19(31)16-34)32-28(36)25-18-39-29(33-25)22-17-35(26-14-5-4-11-21(22)26)40(37,38)20-9-2-1-3-10-20;24-14-7-8-20(28-9-3-4-15(25)11-28)18(10-14)26-22(29)19-13-31-23(27-19)17-12-30-21-6-2-1-5-16(17)21/h1-6,9-14,17-19H,7-8,15-16,31H2,(H,32,36);1-2,5-8,10,12-13,15H,3-4,9,11,24-25H2,(H,26,29)/t19-;15-/m11/s1. The number of fused-ring (bicyclic) bond motifs is 2. The van der Waals surface area contributed by atoms with Crippen molar-refractivity contribution < 1.29 is 26.8 Å². The number of nitrogens with zero attached hydrogens (tertiary/aromatic N) is 5. The summed E-state index contributed by atoms with van der Waals surface area (Å²) in [5.74, 6) is -1.20. The number of para-hydroxylation sites is 3. The molecule has 2 saturated heterocycles. The molecule has 2 aliphatic rings. The monoisotopic (exact) mass is 1010 g/mol. The molecule has 2 amide bonds. The molecule has 0 unspecified atom stereocenters. The second kappa shape index (κ2) is 20.1. The normalized spacial score (nSPS) is 16.2. The first-order valence-corrected chi connectivity index (χ1v) is 26.2. The molecule has 6 heterocycles. The smallest absolute Gasteiger partial charge is 0.275 e. The van der Waals surface area contributed by atoms with Gasteiger partial charge in [0.1, 0.15) is 39.1 Å². The highest BCUT2D eigenvalue weighted by molar-refractivity contribution is 7.90. The van der Waals surface area contributed by atoms with Crippen LogP contribution in [0.4, 0.5) is 32.8 Å². The molecule has 8 N–H and O–H groups in total. The number of hydrogen-bond acceptors (Lipinski definition) is 14. The number of anilines is 5. The van der Waals surface area contributed by atoms with E-state index in [9.17, 15) is 22.4 Å². The van der Waals surface area contributed by atoms with Crippen LogP contribution in [0.2, 0.25) is 0 Å². The van der Waals surface area contributed by atoms with Gasteiger partial charge in [0.25, 0.3) is 21.8 Å². The van der Waals surface area contributed by atoms with E-state index in [0.717, 1.165) is 66.0 Å². The molecule has 0 aliphatic carbocycles. The maximum Gasteiger partial charge on any atom is 0.275 e.